The maximum absolute atomic E-state index is 5.91. The van der Waals surface area contributed by atoms with Gasteiger partial charge < -0.3 is 31.4 Å². The van der Waals surface area contributed by atoms with Gasteiger partial charge in [0.25, 0.3) is 5.82 Å². The Morgan fingerprint density at radius 2 is 2.27 bits per heavy atom. The molecule has 0 aliphatic carbocycles. The lowest BCUT2D eigenvalue weighted by Gasteiger charge is -2.11. The molecule has 15 heavy (non-hydrogen) atoms. The van der Waals surface area contributed by atoms with Gasteiger partial charge in [0.1, 0.15) is 5.69 Å². The van der Waals surface area contributed by atoms with Crippen molar-refractivity contribution in [1.82, 2.24) is 4.98 Å². The van der Waals surface area contributed by atoms with Gasteiger partial charge in [-0.05, 0) is 18.6 Å². The Morgan fingerprint density at radius 1 is 1.67 bits per heavy atom. The molecule has 0 unspecified atom stereocenters. The average Bonchev–Trinajstić information content (AvgIpc) is 2.18. The molecule has 3 N–H and O–H groups in total. The largest absolute Gasteiger partial charge is 0.508 e. The lowest BCUT2D eigenvalue weighted by Crippen LogP contribution is -3.38. The topological polar surface area (TPSA) is 66.3 Å². The molecular formula is C8H10I2N5. The Bertz CT molecular complexity index is 430. The van der Waals surface area contributed by atoms with Crippen LogP contribution < -0.4 is 32.1 Å². The van der Waals surface area contributed by atoms with E-state index in [-0.39, 0.29) is 0 Å². The van der Waals surface area contributed by atoms with Gasteiger partial charge in [-0.25, -0.2) is 0 Å². The van der Waals surface area contributed by atoms with E-state index in [4.69, 9.17) is 5.73 Å². The fraction of sp³-hybridized carbons (Fsp3) is 0.125. The van der Waals surface area contributed by atoms with Crippen LogP contribution in [0.25, 0.3) is 0 Å². The molecule has 0 saturated heterocycles. The number of nitrogens with two attached hydrogens (primary N) is 1. The number of hydrogen-bond donors (Lipinski definition) is 2. The maximum atomic E-state index is 5.91. The summed E-state index contributed by atoms with van der Waals surface area (Å²) >= 11 is 4.01. The number of anilines is 2. The van der Waals surface area contributed by atoms with E-state index in [1.54, 1.807) is 2.79 Å². The quantitative estimate of drug-likeness (QED) is 0.363. The van der Waals surface area contributed by atoms with E-state index >= 15 is 0 Å². The summed E-state index contributed by atoms with van der Waals surface area (Å²) in [7, 11) is 0. The molecule has 1 aromatic heterocycles. The van der Waals surface area contributed by atoms with E-state index in [1.165, 1.54) is 0 Å². The van der Waals surface area contributed by atoms with Crippen LogP contribution in [0.15, 0.2) is 4.99 Å². The molecule has 1 heterocycles. The van der Waals surface area contributed by atoms with Gasteiger partial charge in [-0.1, -0.05) is 0 Å². The normalized spacial score (nSPS) is 9.80. The fourth-order valence-corrected chi connectivity index (χ4v) is 2.04. The highest BCUT2D eigenvalue weighted by molar-refractivity contribution is 14.1. The van der Waals surface area contributed by atoms with Crippen molar-refractivity contribution >= 4 is 59.3 Å². The van der Waals surface area contributed by atoms with Crippen molar-refractivity contribution in [1.29, 1.82) is 0 Å². The van der Waals surface area contributed by atoms with Crippen LogP contribution in [0.3, 0.4) is 0 Å². The van der Waals surface area contributed by atoms with E-state index in [1.807, 2.05) is 52.7 Å². The molecule has 1 aromatic rings. The first-order chi connectivity index (χ1) is 7.02. The highest BCUT2D eigenvalue weighted by Gasteiger charge is 2.19. The first-order valence-electron chi connectivity index (χ1n) is 3.92. The summed E-state index contributed by atoms with van der Waals surface area (Å²) in [4.78, 5) is 8.23. The molecule has 0 aliphatic rings. The number of aromatic nitrogens is 1. The van der Waals surface area contributed by atoms with Crippen LogP contribution in [0.5, 0.6) is 0 Å². The van der Waals surface area contributed by atoms with E-state index in [9.17, 15) is 0 Å². The Balaban J connectivity index is 3.58. The van der Waals surface area contributed by atoms with Crippen molar-refractivity contribution < 1.29 is 25.7 Å². The lowest BCUT2D eigenvalue weighted by molar-refractivity contribution is -1.02. The van der Waals surface area contributed by atoms with Crippen LogP contribution in [-0.2, 0) is 0 Å². The Hall–Kier alpha value is -0.450. The first kappa shape index (κ1) is 12.6. The second-order valence-corrected chi connectivity index (χ2v) is 4.49. The Labute approximate surface area is 116 Å². The molecule has 0 atom stereocenters. The average molecular weight is 430 g/mol. The molecule has 0 fully saturated rings. The van der Waals surface area contributed by atoms with Crippen molar-refractivity contribution in [3.05, 3.63) is 5.56 Å². The van der Waals surface area contributed by atoms with Crippen LogP contribution in [0, 0.1) is 6.92 Å². The minimum atomic E-state index is 0.488. The third-order valence-corrected chi connectivity index (χ3v) is 2.87. The summed E-state index contributed by atoms with van der Waals surface area (Å²) in [5.41, 5.74) is 7.91. The standard InChI is InChI=1S/C8H10I2N5/c1-4-6(12-2)5(11)8(15(3)10)13-7(4)14-9/h2-3,11H2,1H3,(H,13,14). The first-order valence-corrected chi connectivity index (χ1v) is 5.97. The summed E-state index contributed by atoms with van der Waals surface area (Å²) in [6.45, 7) is 9.12. The molecule has 0 spiro atoms. The van der Waals surface area contributed by atoms with Crippen molar-refractivity contribution in [2.45, 2.75) is 6.92 Å². The summed E-state index contributed by atoms with van der Waals surface area (Å²) in [6, 6.07) is 0. The van der Waals surface area contributed by atoms with Crippen LogP contribution in [0.2, 0.25) is 0 Å². The van der Waals surface area contributed by atoms with Gasteiger partial charge in [-0.2, -0.15) is 0 Å². The zero-order valence-corrected chi connectivity index (χ0v) is 12.4. The van der Waals surface area contributed by atoms with E-state index in [0.29, 0.717) is 23.0 Å². The van der Waals surface area contributed by atoms with Gasteiger partial charge in [-0.3, -0.25) is 8.52 Å². The van der Waals surface area contributed by atoms with Crippen LogP contribution >= 0.6 is 22.9 Å². The molecule has 1 rings (SSSR count). The van der Waals surface area contributed by atoms with Crippen LogP contribution in [0.1, 0.15) is 5.56 Å². The van der Waals surface area contributed by atoms with Gasteiger partial charge in [0.05, 0.1) is 22.9 Å². The molecule has 7 heteroatoms. The van der Waals surface area contributed by atoms with E-state index < -0.39 is 0 Å². The lowest BCUT2D eigenvalue weighted by atomic mass is 10.2. The molecule has 0 amide bonds. The third kappa shape index (κ3) is 2.38. The van der Waals surface area contributed by atoms with Gasteiger partial charge in [0.15, 0.2) is 5.69 Å². The molecule has 1 radical (unpaired) electrons. The Morgan fingerprint density at radius 3 is 2.67 bits per heavy atom. The zero-order valence-electron chi connectivity index (χ0n) is 8.09. The molecule has 81 valence electrons. The van der Waals surface area contributed by atoms with Crippen LogP contribution in [-0.4, -0.2) is 21.2 Å². The molecule has 0 bridgehead atoms. The summed E-state index contributed by atoms with van der Waals surface area (Å²) in [5.74, 6) is 1.29. The molecule has 5 nitrogen and oxygen atoms in total. The van der Waals surface area contributed by atoms with Gasteiger partial charge in [-0.15, -0.1) is 0 Å². The summed E-state index contributed by atoms with van der Waals surface area (Å²) in [6.07, 6.45) is 0. The monoisotopic (exact) mass is 430 g/mol. The predicted molar refractivity (Wildman–Crippen MR) is 67.3 cm³/mol. The number of nitrogens with zero attached hydrogens (tertiary/aromatic N) is 3. The SMILES string of the molecule is C=Nc1c(C)c(NI)nc([N+](=C)[I-])c1N. The van der Waals surface area contributed by atoms with E-state index in [2.05, 4.69) is 26.9 Å². The highest BCUT2D eigenvalue weighted by Crippen LogP contribution is 2.36. The summed E-state index contributed by atoms with van der Waals surface area (Å²) < 4.78 is 4.52. The number of hydrogen-bond acceptors (Lipinski definition) is 4. The Kier molecular flexibility index (Phi) is 4.25. The maximum Gasteiger partial charge on any atom is 0.326 e. The van der Waals surface area contributed by atoms with E-state index in [0.717, 1.165) is 5.56 Å². The smallest absolute Gasteiger partial charge is 0.326 e. The van der Waals surface area contributed by atoms with Crippen molar-refractivity contribution in [2.75, 3.05) is 9.26 Å². The zero-order chi connectivity index (χ0) is 11.6. The van der Waals surface area contributed by atoms with Crippen molar-refractivity contribution in [3.63, 3.8) is 0 Å². The third-order valence-electron chi connectivity index (χ3n) is 1.90. The molecule has 0 aromatic carbocycles. The predicted octanol–water partition coefficient (Wildman–Crippen LogP) is -1.12. The summed E-state index contributed by atoms with van der Waals surface area (Å²) in [5, 5.41) is 0. The number of pyridine rings is 1. The van der Waals surface area contributed by atoms with Crippen molar-refractivity contribution in [2.24, 2.45) is 4.99 Å². The number of halogens is 2. The fourth-order valence-electron chi connectivity index (χ4n) is 1.15. The van der Waals surface area contributed by atoms with Gasteiger partial charge in [0.2, 0.25) is 0 Å². The highest BCUT2D eigenvalue weighted by atomic mass is 127. The number of aliphatic imine (C=N–C) groups is 1. The molecule has 0 saturated carbocycles. The minimum Gasteiger partial charge on any atom is -0.508 e. The second kappa shape index (κ2) is 5.05. The number of nitrogen functional groups attached to an aromatic ring is 1. The molecular weight excluding hydrogens is 420 g/mol. The number of rotatable bonds is 3. The van der Waals surface area contributed by atoms with Gasteiger partial charge in [0, 0.05) is 12.3 Å². The van der Waals surface area contributed by atoms with Gasteiger partial charge >= 0.3 is 5.82 Å². The van der Waals surface area contributed by atoms with Crippen molar-refractivity contribution in [3.8, 4) is 0 Å². The second-order valence-electron chi connectivity index (χ2n) is 2.79. The minimum absolute atomic E-state index is 0.488. The van der Waals surface area contributed by atoms with Crippen LogP contribution in [0.4, 0.5) is 23.0 Å². The number of nitrogens with one attached hydrogen (secondary N) is 1. The molecule has 0 aliphatic heterocycles.